The van der Waals surface area contributed by atoms with Gasteiger partial charge in [-0.05, 0) is 13.8 Å². The summed E-state index contributed by atoms with van der Waals surface area (Å²) in [6.45, 7) is -0.152. The monoisotopic (exact) mass is 294 g/mol. The van der Waals surface area contributed by atoms with Crippen LogP contribution in [0.5, 0.6) is 0 Å². The average Bonchev–Trinajstić information content (AvgIpc) is 2.49. The maximum absolute atomic E-state index is 11.5. The molecule has 0 aromatic carbocycles. The van der Waals surface area contributed by atoms with E-state index in [2.05, 4.69) is 0 Å². The molecule has 4 N–H and O–H groups in total. The average molecular weight is 294 g/mol. The van der Waals surface area contributed by atoms with Gasteiger partial charge >= 0.3 is 11.9 Å². The van der Waals surface area contributed by atoms with Crippen molar-refractivity contribution in [3.05, 3.63) is 0 Å². The Morgan fingerprint density at radius 2 is 1.00 bits per heavy atom. The molecule has 0 aromatic rings. The highest BCUT2D eigenvalue weighted by Crippen LogP contribution is 2.17. The number of esters is 2. The predicted molar refractivity (Wildman–Crippen MR) is 66.5 cm³/mol. The lowest BCUT2D eigenvalue weighted by Crippen LogP contribution is -2.39. The van der Waals surface area contributed by atoms with Crippen molar-refractivity contribution in [2.24, 2.45) is 10.8 Å². The van der Waals surface area contributed by atoms with Crippen LogP contribution < -0.4 is 0 Å². The summed E-state index contributed by atoms with van der Waals surface area (Å²) in [5.41, 5.74) is -2.82. The van der Waals surface area contributed by atoms with Gasteiger partial charge in [-0.3, -0.25) is 9.59 Å². The Bertz CT molecular complexity index is 287. The van der Waals surface area contributed by atoms with Crippen molar-refractivity contribution in [2.45, 2.75) is 13.8 Å². The molecule has 0 bridgehead atoms. The molecule has 0 unspecified atom stereocenters. The van der Waals surface area contributed by atoms with Gasteiger partial charge in [0.15, 0.2) is 0 Å². The van der Waals surface area contributed by atoms with Crippen LogP contribution in [0.2, 0.25) is 0 Å². The van der Waals surface area contributed by atoms with Crippen LogP contribution in [0.3, 0.4) is 0 Å². The first-order valence-corrected chi connectivity index (χ1v) is 6.07. The van der Waals surface area contributed by atoms with Crippen LogP contribution in [0.4, 0.5) is 0 Å². The van der Waals surface area contributed by atoms with E-state index in [-0.39, 0.29) is 13.2 Å². The third-order valence-electron chi connectivity index (χ3n) is 2.93. The van der Waals surface area contributed by atoms with Crippen molar-refractivity contribution >= 4 is 11.9 Å². The van der Waals surface area contributed by atoms with Crippen molar-refractivity contribution in [2.75, 3.05) is 39.6 Å². The fraction of sp³-hybridized carbons (Fsp3) is 0.833. The molecule has 0 aromatic heterocycles. The number of hydrogen-bond acceptors (Lipinski definition) is 8. The Labute approximate surface area is 116 Å². The van der Waals surface area contributed by atoms with Gasteiger partial charge in [-0.15, -0.1) is 0 Å². The quantitative estimate of drug-likeness (QED) is 0.285. The molecule has 20 heavy (non-hydrogen) atoms. The lowest BCUT2D eigenvalue weighted by molar-refractivity contribution is -0.169. The molecule has 8 heteroatoms. The standard InChI is InChI=1S/C12H22O8/c1-11(5-13,6-14)9(17)19-3-4-20-10(18)12(2,7-15)8-16/h13-16H,3-8H2,1-2H3. The van der Waals surface area contributed by atoms with Gasteiger partial charge in [-0.1, -0.05) is 0 Å². The summed E-state index contributed by atoms with van der Waals surface area (Å²) in [5.74, 6) is -1.63. The summed E-state index contributed by atoms with van der Waals surface area (Å²) in [6, 6.07) is 0. The van der Waals surface area contributed by atoms with Gasteiger partial charge in [0, 0.05) is 0 Å². The van der Waals surface area contributed by atoms with Gasteiger partial charge in [0.2, 0.25) is 0 Å². The molecule has 0 saturated heterocycles. The van der Waals surface area contributed by atoms with E-state index in [0.29, 0.717) is 0 Å². The van der Waals surface area contributed by atoms with Crippen molar-refractivity contribution < 1.29 is 39.5 Å². The number of carbonyl (C=O) groups excluding carboxylic acids is 2. The molecule has 0 saturated carbocycles. The first kappa shape index (κ1) is 18.8. The SMILES string of the molecule is CC(CO)(CO)C(=O)OCCOC(=O)C(C)(CO)CO. The molecule has 0 aliphatic rings. The smallest absolute Gasteiger partial charge is 0.316 e. The maximum Gasteiger partial charge on any atom is 0.316 e. The first-order valence-electron chi connectivity index (χ1n) is 6.07. The third kappa shape index (κ3) is 4.71. The summed E-state index contributed by atoms with van der Waals surface area (Å²) in [4.78, 5) is 23.0. The van der Waals surface area contributed by atoms with Crippen LogP contribution >= 0.6 is 0 Å². The van der Waals surface area contributed by atoms with Crippen LogP contribution in [-0.4, -0.2) is 72.0 Å². The predicted octanol–water partition coefficient (Wildman–Crippen LogP) is -1.95. The zero-order valence-electron chi connectivity index (χ0n) is 11.7. The van der Waals surface area contributed by atoms with E-state index in [1.54, 1.807) is 0 Å². The minimum absolute atomic E-state index is 0.257. The minimum Gasteiger partial charge on any atom is -0.462 e. The Morgan fingerprint density at radius 1 is 0.750 bits per heavy atom. The molecule has 0 rings (SSSR count). The highest BCUT2D eigenvalue weighted by molar-refractivity contribution is 5.77. The van der Waals surface area contributed by atoms with E-state index < -0.39 is 49.2 Å². The fourth-order valence-corrected chi connectivity index (χ4v) is 0.975. The van der Waals surface area contributed by atoms with Gasteiger partial charge < -0.3 is 29.9 Å². The zero-order chi connectivity index (χ0) is 15.8. The van der Waals surface area contributed by atoms with Gasteiger partial charge in [0.1, 0.15) is 24.0 Å². The van der Waals surface area contributed by atoms with Crippen LogP contribution in [-0.2, 0) is 19.1 Å². The van der Waals surface area contributed by atoms with E-state index in [9.17, 15) is 9.59 Å². The van der Waals surface area contributed by atoms with Gasteiger partial charge in [-0.2, -0.15) is 0 Å². The van der Waals surface area contributed by atoms with Crippen LogP contribution in [0.25, 0.3) is 0 Å². The normalized spacial score (nSPS) is 12.1. The second-order valence-corrected chi connectivity index (χ2v) is 5.03. The highest BCUT2D eigenvalue weighted by atomic mass is 16.6. The molecule has 0 spiro atoms. The Hall–Kier alpha value is -1.22. The summed E-state index contributed by atoms with van der Waals surface area (Å²) in [6.07, 6.45) is 0. The number of ether oxygens (including phenoxy) is 2. The number of aliphatic hydroxyl groups is 4. The number of rotatable bonds is 9. The second-order valence-electron chi connectivity index (χ2n) is 5.03. The summed E-state index contributed by atoms with van der Waals surface area (Å²) in [7, 11) is 0. The Kier molecular flexibility index (Phi) is 7.66. The largest absolute Gasteiger partial charge is 0.462 e. The molecule has 0 fully saturated rings. The first-order chi connectivity index (χ1) is 9.29. The summed E-state index contributed by atoms with van der Waals surface area (Å²) in [5, 5.41) is 35.9. The van der Waals surface area contributed by atoms with E-state index in [1.807, 2.05) is 0 Å². The topological polar surface area (TPSA) is 134 Å². The molecule has 0 amide bonds. The van der Waals surface area contributed by atoms with Crippen LogP contribution in [0.15, 0.2) is 0 Å². The van der Waals surface area contributed by atoms with Gasteiger partial charge in [0.25, 0.3) is 0 Å². The summed E-state index contributed by atoms with van der Waals surface area (Å²) >= 11 is 0. The van der Waals surface area contributed by atoms with Crippen molar-refractivity contribution in [3.8, 4) is 0 Å². The van der Waals surface area contributed by atoms with Gasteiger partial charge in [-0.25, -0.2) is 0 Å². The Morgan fingerprint density at radius 3 is 1.20 bits per heavy atom. The lowest BCUT2D eigenvalue weighted by atomic mass is 9.93. The minimum atomic E-state index is -1.41. The molecule has 8 nitrogen and oxygen atoms in total. The van der Waals surface area contributed by atoms with Crippen LogP contribution in [0, 0.1) is 10.8 Å². The van der Waals surface area contributed by atoms with E-state index in [0.717, 1.165) is 0 Å². The highest BCUT2D eigenvalue weighted by Gasteiger charge is 2.35. The van der Waals surface area contributed by atoms with E-state index in [4.69, 9.17) is 29.9 Å². The third-order valence-corrected chi connectivity index (χ3v) is 2.93. The molecule has 0 atom stereocenters. The van der Waals surface area contributed by atoms with E-state index >= 15 is 0 Å². The van der Waals surface area contributed by atoms with Crippen LogP contribution in [0.1, 0.15) is 13.8 Å². The van der Waals surface area contributed by atoms with E-state index in [1.165, 1.54) is 13.8 Å². The summed E-state index contributed by atoms with van der Waals surface area (Å²) < 4.78 is 9.52. The molecule has 118 valence electrons. The number of hydrogen-bond donors (Lipinski definition) is 4. The lowest BCUT2D eigenvalue weighted by Gasteiger charge is -2.23. The van der Waals surface area contributed by atoms with Gasteiger partial charge in [0.05, 0.1) is 26.4 Å². The van der Waals surface area contributed by atoms with Crippen molar-refractivity contribution in [3.63, 3.8) is 0 Å². The molecular weight excluding hydrogens is 272 g/mol. The maximum atomic E-state index is 11.5. The van der Waals surface area contributed by atoms with Crippen molar-refractivity contribution in [1.29, 1.82) is 0 Å². The molecule has 0 heterocycles. The second kappa shape index (κ2) is 8.15. The molecular formula is C12H22O8. The molecule has 0 aliphatic heterocycles. The number of aliphatic hydroxyl groups excluding tert-OH is 4. The van der Waals surface area contributed by atoms with Crippen molar-refractivity contribution in [1.82, 2.24) is 0 Å². The Balaban J connectivity index is 4.16. The number of carbonyl (C=O) groups is 2. The fourth-order valence-electron chi connectivity index (χ4n) is 0.975. The molecule has 0 aliphatic carbocycles. The zero-order valence-corrected chi connectivity index (χ0v) is 11.7. The molecule has 0 radical (unpaired) electrons.